The van der Waals surface area contributed by atoms with E-state index in [1.807, 2.05) is 0 Å². The van der Waals surface area contributed by atoms with Gasteiger partial charge in [-0.25, -0.2) is 4.79 Å². The lowest BCUT2D eigenvalue weighted by atomic mass is 9.95. The molecule has 0 saturated heterocycles. The van der Waals surface area contributed by atoms with Crippen molar-refractivity contribution in [2.75, 3.05) is 0 Å². The monoisotopic (exact) mass is 214 g/mol. The van der Waals surface area contributed by atoms with Crippen LogP contribution in [-0.4, -0.2) is 33.3 Å². The molecule has 3 N–H and O–H groups in total. The highest BCUT2D eigenvalue weighted by Gasteiger charge is 2.66. The van der Waals surface area contributed by atoms with E-state index in [2.05, 4.69) is 0 Å². The smallest absolute Gasteiger partial charge is 0.394 e. The molecule has 1 fully saturated rings. The Morgan fingerprint density at radius 3 is 1.93 bits per heavy atom. The van der Waals surface area contributed by atoms with Crippen LogP contribution in [0.15, 0.2) is 0 Å². The number of hydrogen-bond donors (Lipinski definition) is 3. The number of alkyl halides is 3. The Morgan fingerprint density at radius 1 is 1.29 bits per heavy atom. The van der Waals surface area contributed by atoms with Crippen molar-refractivity contribution in [1.82, 2.24) is 0 Å². The molecule has 0 aromatic carbocycles. The summed E-state index contributed by atoms with van der Waals surface area (Å²) in [5.74, 6) is -5.36. The largest absolute Gasteiger partial charge is 0.477 e. The Kier molecular flexibility index (Phi) is 2.28. The van der Waals surface area contributed by atoms with Gasteiger partial charge in [0.15, 0.2) is 0 Å². The molecule has 1 saturated carbocycles. The minimum absolute atomic E-state index is 0.257. The number of carbonyl (C=O) groups is 1. The topological polar surface area (TPSA) is 77.8 Å². The van der Waals surface area contributed by atoms with E-state index in [-0.39, 0.29) is 12.8 Å². The summed E-state index contributed by atoms with van der Waals surface area (Å²) in [5, 5.41) is 25.8. The maximum absolute atomic E-state index is 12.3. The summed E-state index contributed by atoms with van der Waals surface area (Å²) in [6.07, 6.45) is -6.31. The number of carboxylic acids is 1. The predicted molar refractivity (Wildman–Crippen MR) is 37.1 cm³/mol. The van der Waals surface area contributed by atoms with Gasteiger partial charge in [0.25, 0.3) is 5.79 Å². The molecule has 0 radical (unpaired) electrons. The van der Waals surface area contributed by atoms with Crippen LogP contribution < -0.4 is 0 Å². The van der Waals surface area contributed by atoms with E-state index in [0.717, 1.165) is 0 Å². The van der Waals surface area contributed by atoms with Gasteiger partial charge in [-0.3, -0.25) is 0 Å². The summed E-state index contributed by atoms with van der Waals surface area (Å²) >= 11 is 0. The SMILES string of the molecule is O=C(O)C(O)(O)CC1(C(F)(F)F)CC1. The molecule has 7 heteroatoms. The molecule has 14 heavy (non-hydrogen) atoms. The number of hydrogen-bond acceptors (Lipinski definition) is 3. The lowest BCUT2D eigenvalue weighted by Crippen LogP contribution is -2.43. The molecule has 1 rings (SSSR count). The fraction of sp³-hybridized carbons (Fsp3) is 0.857. The molecule has 82 valence electrons. The molecule has 0 aliphatic heterocycles. The number of carboxylic acid groups (broad SMARTS) is 1. The number of aliphatic carboxylic acids is 1. The lowest BCUT2D eigenvalue weighted by Gasteiger charge is -2.25. The van der Waals surface area contributed by atoms with E-state index in [9.17, 15) is 18.0 Å². The quantitative estimate of drug-likeness (QED) is 0.597. The van der Waals surface area contributed by atoms with Crippen LogP contribution in [0.25, 0.3) is 0 Å². The molecular formula is C7H9F3O4. The summed E-state index contributed by atoms with van der Waals surface area (Å²) in [4.78, 5) is 10.2. The Hall–Kier alpha value is -0.820. The predicted octanol–water partition coefficient (Wildman–Crippen LogP) is 0.485. The van der Waals surface area contributed by atoms with E-state index in [1.54, 1.807) is 0 Å². The minimum Gasteiger partial charge on any atom is -0.477 e. The highest BCUT2D eigenvalue weighted by atomic mass is 19.4. The third-order valence-electron chi connectivity index (χ3n) is 2.38. The van der Waals surface area contributed by atoms with Gasteiger partial charge < -0.3 is 15.3 Å². The van der Waals surface area contributed by atoms with Crippen molar-refractivity contribution in [2.45, 2.75) is 31.2 Å². The van der Waals surface area contributed by atoms with E-state index >= 15 is 0 Å². The Bertz CT molecular complexity index is 254. The van der Waals surface area contributed by atoms with E-state index < -0.39 is 29.8 Å². The summed E-state index contributed by atoms with van der Waals surface area (Å²) in [7, 11) is 0. The first-order chi connectivity index (χ1) is 6.11. The van der Waals surface area contributed by atoms with Crippen LogP contribution >= 0.6 is 0 Å². The second kappa shape index (κ2) is 2.83. The number of aliphatic hydroxyl groups is 2. The summed E-state index contributed by atoms with van der Waals surface area (Å²) in [6, 6.07) is 0. The van der Waals surface area contributed by atoms with E-state index in [1.165, 1.54) is 0 Å². The van der Waals surface area contributed by atoms with Crippen LogP contribution in [-0.2, 0) is 4.79 Å². The fourth-order valence-electron chi connectivity index (χ4n) is 1.26. The molecule has 0 heterocycles. The second-order valence-electron chi connectivity index (χ2n) is 3.58. The summed E-state index contributed by atoms with van der Waals surface area (Å²) in [6.45, 7) is 0. The minimum atomic E-state index is -4.58. The van der Waals surface area contributed by atoms with Crippen molar-refractivity contribution < 1.29 is 33.3 Å². The molecule has 0 spiro atoms. The third kappa shape index (κ3) is 1.83. The van der Waals surface area contributed by atoms with Crippen molar-refractivity contribution in [3.8, 4) is 0 Å². The van der Waals surface area contributed by atoms with Crippen molar-refractivity contribution in [3.05, 3.63) is 0 Å². The van der Waals surface area contributed by atoms with Gasteiger partial charge in [0.1, 0.15) is 0 Å². The van der Waals surface area contributed by atoms with Crippen LogP contribution in [0.2, 0.25) is 0 Å². The molecular weight excluding hydrogens is 205 g/mol. The maximum Gasteiger partial charge on any atom is 0.394 e. The zero-order valence-corrected chi connectivity index (χ0v) is 7.01. The van der Waals surface area contributed by atoms with Gasteiger partial charge in [-0.2, -0.15) is 13.2 Å². The van der Waals surface area contributed by atoms with E-state index in [0.29, 0.717) is 0 Å². The van der Waals surface area contributed by atoms with Gasteiger partial charge in [0.2, 0.25) is 0 Å². The molecule has 0 unspecified atom stereocenters. The van der Waals surface area contributed by atoms with Crippen LogP contribution in [0.1, 0.15) is 19.3 Å². The third-order valence-corrected chi connectivity index (χ3v) is 2.38. The van der Waals surface area contributed by atoms with Crippen molar-refractivity contribution in [2.24, 2.45) is 5.41 Å². The van der Waals surface area contributed by atoms with Crippen LogP contribution in [0, 0.1) is 5.41 Å². The van der Waals surface area contributed by atoms with Crippen LogP contribution in [0.3, 0.4) is 0 Å². The Morgan fingerprint density at radius 2 is 1.71 bits per heavy atom. The van der Waals surface area contributed by atoms with Crippen LogP contribution in [0.4, 0.5) is 13.2 Å². The Balaban J connectivity index is 2.75. The van der Waals surface area contributed by atoms with Crippen molar-refractivity contribution in [3.63, 3.8) is 0 Å². The molecule has 0 aromatic heterocycles. The summed E-state index contributed by atoms with van der Waals surface area (Å²) in [5.41, 5.74) is -2.23. The first-order valence-corrected chi connectivity index (χ1v) is 3.86. The van der Waals surface area contributed by atoms with E-state index in [4.69, 9.17) is 15.3 Å². The van der Waals surface area contributed by atoms with Gasteiger partial charge in [0.05, 0.1) is 5.41 Å². The van der Waals surface area contributed by atoms with Gasteiger partial charge >= 0.3 is 12.1 Å². The number of halogens is 3. The summed E-state index contributed by atoms with van der Waals surface area (Å²) < 4.78 is 36.8. The van der Waals surface area contributed by atoms with Crippen LogP contribution in [0.5, 0.6) is 0 Å². The molecule has 0 bridgehead atoms. The maximum atomic E-state index is 12.3. The number of rotatable bonds is 3. The first-order valence-electron chi connectivity index (χ1n) is 3.86. The van der Waals surface area contributed by atoms with Crippen molar-refractivity contribution in [1.29, 1.82) is 0 Å². The zero-order valence-electron chi connectivity index (χ0n) is 7.01. The molecule has 1 aliphatic carbocycles. The van der Waals surface area contributed by atoms with Gasteiger partial charge in [-0.05, 0) is 12.8 Å². The zero-order chi connectivity index (χ0) is 11.2. The molecule has 0 atom stereocenters. The van der Waals surface area contributed by atoms with Gasteiger partial charge in [-0.15, -0.1) is 0 Å². The van der Waals surface area contributed by atoms with Gasteiger partial charge in [-0.1, -0.05) is 0 Å². The lowest BCUT2D eigenvalue weighted by molar-refractivity contribution is -0.242. The highest BCUT2D eigenvalue weighted by Crippen LogP contribution is 2.61. The Labute approximate surface area is 77.0 Å². The average Bonchev–Trinajstić information content (AvgIpc) is 2.65. The molecule has 4 nitrogen and oxygen atoms in total. The first kappa shape index (κ1) is 11.3. The molecule has 1 aliphatic rings. The fourth-order valence-corrected chi connectivity index (χ4v) is 1.26. The highest BCUT2D eigenvalue weighted by molar-refractivity contribution is 5.75. The average molecular weight is 214 g/mol. The molecule has 0 amide bonds. The normalized spacial score (nSPS) is 20.6. The van der Waals surface area contributed by atoms with Gasteiger partial charge in [0, 0.05) is 6.42 Å². The van der Waals surface area contributed by atoms with Crippen molar-refractivity contribution >= 4 is 5.97 Å². The standard InChI is InChI=1S/C7H9F3O4/c8-7(9,10)5(1-2-5)3-6(13,14)4(11)12/h13-14H,1-3H2,(H,11,12). The second-order valence-corrected chi connectivity index (χ2v) is 3.58. The molecule has 0 aromatic rings.